The minimum atomic E-state index is -0.779. The van der Waals surface area contributed by atoms with E-state index in [1.165, 1.54) is 18.2 Å². The van der Waals surface area contributed by atoms with Crippen LogP contribution in [0.2, 0.25) is 10.0 Å². The molecule has 2 aromatic carbocycles. The van der Waals surface area contributed by atoms with Gasteiger partial charge in [-0.15, -0.1) is 0 Å². The largest absolute Gasteiger partial charge is 0.404 e. The van der Waals surface area contributed by atoms with Gasteiger partial charge in [0.15, 0.2) is 0 Å². The van der Waals surface area contributed by atoms with Crippen LogP contribution in [0.25, 0.3) is 0 Å². The molecule has 0 aliphatic carbocycles. The topological polar surface area (TPSA) is 44.1 Å². The maximum absolute atomic E-state index is 13.9. The van der Waals surface area contributed by atoms with Crippen LogP contribution in [-0.4, -0.2) is 15.7 Å². The summed E-state index contributed by atoms with van der Waals surface area (Å²) in [6, 6.07) is 10.7. The van der Waals surface area contributed by atoms with E-state index in [1.54, 1.807) is 29.8 Å². The number of esters is 1. The number of hydrogen-bond acceptors (Lipinski definition) is 3. The second kappa shape index (κ2) is 7.71. The molecule has 1 atom stereocenters. The smallest absolute Gasteiger partial charge is 0.347 e. The molecule has 0 N–H and O–H groups in total. The van der Waals surface area contributed by atoms with Gasteiger partial charge in [-0.05, 0) is 50.6 Å². The molecule has 0 saturated heterocycles. The molecule has 7 heteroatoms. The van der Waals surface area contributed by atoms with E-state index >= 15 is 0 Å². The van der Waals surface area contributed by atoms with Crippen molar-refractivity contribution in [3.8, 4) is 5.88 Å². The van der Waals surface area contributed by atoms with Crippen LogP contribution in [0.3, 0.4) is 0 Å². The molecule has 0 amide bonds. The van der Waals surface area contributed by atoms with E-state index < -0.39 is 11.8 Å². The van der Waals surface area contributed by atoms with Crippen molar-refractivity contribution in [3.63, 3.8) is 0 Å². The van der Waals surface area contributed by atoms with Crippen LogP contribution in [0.4, 0.5) is 4.39 Å². The highest BCUT2D eigenvalue weighted by Gasteiger charge is 2.23. The van der Waals surface area contributed by atoms with E-state index in [1.807, 2.05) is 19.9 Å². The van der Waals surface area contributed by atoms with Gasteiger partial charge in [0, 0.05) is 5.56 Å². The van der Waals surface area contributed by atoms with Crippen LogP contribution in [0.5, 0.6) is 5.88 Å². The fourth-order valence-corrected chi connectivity index (χ4v) is 2.98. The Hall–Kier alpha value is -2.37. The lowest BCUT2D eigenvalue weighted by molar-refractivity contribution is 0.0710. The number of aromatic nitrogens is 2. The maximum Gasteiger partial charge on any atom is 0.347 e. The number of carbonyl (C=O) groups is 1. The lowest BCUT2D eigenvalue weighted by atomic mass is 10.1. The van der Waals surface area contributed by atoms with Crippen molar-refractivity contribution in [1.82, 2.24) is 9.78 Å². The summed E-state index contributed by atoms with van der Waals surface area (Å²) in [7, 11) is 0. The van der Waals surface area contributed by atoms with Crippen LogP contribution >= 0.6 is 23.2 Å². The molecule has 3 rings (SSSR count). The predicted molar refractivity (Wildman–Crippen MR) is 103 cm³/mol. The number of rotatable bonds is 4. The first-order valence-electron chi connectivity index (χ1n) is 8.27. The predicted octanol–water partition coefficient (Wildman–Crippen LogP) is 5.77. The van der Waals surface area contributed by atoms with Gasteiger partial charge >= 0.3 is 5.97 Å². The first-order valence-corrected chi connectivity index (χ1v) is 9.02. The number of carbonyl (C=O) groups excluding carboxylic acids is 1. The molecule has 1 heterocycles. The molecule has 0 bridgehead atoms. The number of halogens is 3. The molecule has 0 aliphatic rings. The average molecular weight is 407 g/mol. The average Bonchev–Trinajstić information content (AvgIpc) is 2.92. The van der Waals surface area contributed by atoms with E-state index in [9.17, 15) is 9.18 Å². The van der Waals surface area contributed by atoms with Crippen LogP contribution in [-0.2, 0) is 0 Å². The summed E-state index contributed by atoms with van der Waals surface area (Å²) in [5, 5.41) is 5.35. The summed E-state index contributed by atoms with van der Waals surface area (Å²) in [6.45, 7) is 5.50. The zero-order valence-electron chi connectivity index (χ0n) is 15.0. The van der Waals surface area contributed by atoms with Gasteiger partial charge in [-0.1, -0.05) is 41.4 Å². The fraction of sp³-hybridized carbons (Fsp3) is 0.200. The summed E-state index contributed by atoms with van der Waals surface area (Å²) in [5.41, 5.74) is 2.12. The van der Waals surface area contributed by atoms with Crippen molar-refractivity contribution in [1.29, 1.82) is 0 Å². The molecule has 4 nitrogen and oxygen atoms in total. The molecule has 1 aromatic heterocycles. The van der Waals surface area contributed by atoms with Crippen molar-refractivity contribution in [2.45, 2.75) is 26.8 Å². The Balaban J connectivity index is 1.98. The van der Waals surface area contributed by atoms with Crippen LogP contribution < -0.4 is 4.74 Å². The summed E-state index contributed by atoms with van der Waals surface area (Å²) >= 11 is 12.1. The summed E-state index contributed by atoms with van der Waals surface area (Å²) < 4.78 is 21.0. The maximum atomic E-state index is 13.9. The highest BCUT2D eigenvalue weighted by Crippen LogP contribution is 2.32. The Bertz CT molecular complexity index is 1020. The van der Waals surface area contributed by atoms with Crippen LogP contribution in [0, 0.1) is 19.7 Å². The molecule has 0 radical (unpaired) electrons. The molecule has 1 unspecified atom stereocenters. The molecular weight excluding hydrogens is 390 g/mol. The molecule has 0 spiro atoms. The summed E-state index contributed by atoms with van der Waals surface area (Å²) in [5.74, 6) is -1.15. The highest BCUT2D eigenvalue weighted by atomic mass is 35.5. The second-order valence-corrected chi connectivity index (χ2v) is 6.99. The lowest BCUT2D eigenvalue weighted by Gasteiger charge is -2.17. The molecule has 0 aliphatic heterocycles. The lowest BCUT2D eigenvalue weighted by Crippen LogP contribution is -2.17. The van der Waals surface area contributed by atoms with Crippen molar-refractivity contribution in [2.24, 2.45) is 0 Å². The minimum absolute atomic E-state index is 0.135. The molecular formula is C20H17Cl2FN2O2. The Kier molecular flexibility index (Phi) is 5.53. The third kappa shape index (κ3) is 3.84. The summed E-state index contributed by atoms with van der Waals surface area (Å²) in [4.78, 5) is 12.5. The van der Waals surface area contributed by atoms with E-state index in [4.69, 9.17) is 27.9 Å². The van der Waals surface area contributed by atoms with E-state index in [2.05, 4.69) is 5.10 Å². The third-order valence-electron chi connectivity index (χ3n) is 4.41. The van der Waals surface area contributed by atoms with E-state index in [0.717, 1.165) is 5.56 Å². The zero-order valence-corrected chi connectivity index (χ0v) is 16.5. The Morgan fingerprint density at radius 3 is 2.52 bits per heavy atom. The molecule has 3 aromatic rings. The number of aryl methyl sites for hydroxylation is 1. The van der Waals surface area contributed by atoms with Gasteiger partial charge in [0.1, 0.15) is 5.82 Å². The molecule has 0 fully saturated rings. The molecule has 27 heavy (non-hydrogen) atoms. The first-order chi connectivity index (χ1) is 12.8. The SMILES string of the molecule is Cc1nn(C(C)c2ccc(Cl)c(Cl)c2)c(OC(=O)c2ccccc2F)c1C. The highest BCUT2D eigenvalue weighted by molar-refractivity contribution is 6.42. The zero-order chi connectivity index (χ0) is 19.7. The Morgan fingerprint density at radius 1 is 1.15 bits per heavy atom. The normalized spacial score (nSPS) is 12.1. The second-order valence-electron chi connectivity index (χ2n) is 6.18. The third-order valence-corrected chi connectivity index (χ3v) is 5.14. The van der Waals surface area contributed by atoms with Gasteiger partial charge in [0.2, 0.25) is 5.88 Å². The van der Waals surface area contributed by atoms with Gasteiger partial charge in [0.05, 0.1) is 27.3 Å². The van der Waals surface area contributed by atoms with Gasteiger partial charge in [-0.2, -0.15) is 5.10 Å². The summed E-state index contributed by atoms with van der Waals surface area (Å²) in [6.07, 6.45) is 0. The van der Waals surface area contributed by atoms with Gasteiger partial charge < -0.3 is 4.74 Å². The quantitative estimate of drug-likeness (QED) is 0.516. The minimum Gasteiger partial charge on any atom is -0.404 e. The molecule has 140 valence electrons. The fourth-order valence-electron chi connectivity index (χ4n) is 2.68. The van der Waals surface area contributed by atoms with Crippen LogP contribution in [0.1, 0.15) is 40.1 Å². The first kappa shape index (κ1) is 19.4. The number of benzene rings is 2. The van der Waals surface area contributed by atoms with Crippen LogP contribution in [0.15, 0.2) is 42.5 Å². The van der Waals surface area contributed by atoms with Gasteiger partial charge in [-0.25, -0.2) is 13.9 Å². The molecule has 0 saturated carbocycles. The monoisotopic (exact) mass is 406 g/mol. The van der Waals surface area contributed by atoms with Crippen molar-refractivity contribution >= 4 is 29.2 Å². The van der Waals surface area contributed by atoms with Gasteiger partial charge in [-0.3, -0.25) is 0 Å². The standard InChI is InChI=1S/C20H17Cl2FN2O2/c1-11-12(2)24-25(13(3)14-8-9-16(21)17(22)10-14)19(11)27-20(26)15-6-4-5-7-18(15)23/h4-10,13H,1-3H3. The van der Waals surface area contributed by atoms with E-state index in [0.29, 0.717) is 21.3 Å². The van der Waals surface area contributed by atoms with Gasteiger partial charge in [0.25, 0.3) is 0 Å². The number of hydrogen-bond donors (Lipinski definition) is 0. The van der Waals surface area contributed by atoms with Crippen molar-refractivity contribution in [3.05, 3.63) is 80.7 Å². The number of nitrogens with zero attached hydrogens (tertiary/aromatic N) is 2. The van der Waals surface area contributed by atoms with E-state index in [-0.39, 0.29) is 17.5 Å². The number of ether oxygens (including phenoxy) is 1. The van der Waals surface area contributed by atoms with Crippen molar-refractivity contribution in [2.75, 3.05) is 0 Å². The Labute approximate surface area is 166 Å². The van der Waals surface area contributed by atoms with Crippen molar-refractivity contribution < 1.29 is 13.9 Å². The Morgan fingerprint density at radius 2 is 1.85 bits per heavy atom.